The first-order valence-electron chi connectivity index (χ1n) is 6.74. The van der Waals surface area contributed by atoms with Crippen LogP contribution in [0.2, 0.25) is 0 Å². The Morgan fingerprint density at radius 2 is 2.05 bits per heavy atom. The minimum Gasteiger partial charge on any atom is -0.508 e. The molecule has 6 N–H and O–H groups in total. The summed E-state index contributed by atoms with van der Waals surface area (Å²) >= 11 is 0. The molecule has 0 heterocycles. The second kappa shape index (κ2) is 7.82. The van der Waals surface area contributed by atoms with Crippen LogP contribution in [0.4, 0.5) is 0 Å². The highest BCUT2D eigenvalue weighted by Gasteiger charge is 2.24. The van der Waals surface area contributed by atoms with Gasteiger partial charge < -0.3 is 20.4 Å². The van der Waals surface area contributed by atoms with Crippen LogP contribution in [0.3, 0.4) is 0 Å². The van der Waals surface area contributed by atoms with Crippen LogP contribution in [-0.4, -0.2) is 50.6 Å². The van der Waals surface area contributed by atoms with Crippen LogP contribution < -0.4 is 5.84 Å². The minimum atomic E-state index is -1.08. The van der Waals surface area contributed by atoms with Crippen LogP contribution in [0.5, 0.6) is 11.5 Å². The SMILES string of the molecule is CCC(Cc1ccc(O)cc1O)C(=O)N(N)CC(O)CO. The van der Waals surface area contributed by atoms with Crippen LogP contribution in [0, 0.1) is 5.92 Å². The highest BCUT2D eigenvalue weighted by atomic mass is 16.3. The first-order chi connectivity index (χ1) is 9.88. The fraction of sp³-hybridized carbons (Fsp3) is 0.500. The Morgan fingerprint density at radius 3 is 2.57 bits per heavy atom. The second-order valence-corrected chi connectivity index (χ2v) is 4.95. The predicted molar refractivity (Wildman–Crippen MR) is 76.2 cm³/mol. The summed E-state index contributed by atoms with van der Waals surface area (Å²) in [5.41, 5.74) is 0.532. The van der Waals surface area contributed by atoms with Crippen LogP contribution in [0.1, 0.15) is 18.9 Å². The van der Waals surface area contributed by atoms with E-state index in [1.807, 2.05) is 6.92 Å². The number of amides is 1. The number of hydrogen-bond acceptors (Lipinski definition) is 6. The third-order valence-electron chi connectivity index (χ3n) is 3.28. The third-order valence-corrected chi connectivity index (χ3v) is 3.28. The maximum absolute atomic E-state index is 12.2. The van der Waals surface area contributed by atoms with Gasteiger partial charge in [0.15, 0.2) is 0 Å². The molecule has 0 aliphatic heterocycles. The van der Waals surface area contributed by atoms with E-state index < -0.39 is 18.6 Å². The van der Waals surface area contributed by atoms with Gasteiger partial charge in [-0.1, -0.05) is 13.0 Å². The van der Waals surface area contributed by atoms with E-state index in [9.17, 15) is 20.1 Å². The molecule has 1 rings (SSSR count). The van der Waals surface area contributed by atoms with Crippen molar-refractivity contribution in [1.82, 2.24) is 5.01 Å². The van der Waals surface area contributed by atoms with Crippen molar-refractivity contribution in [3.05, 3.63) is 23.8 Å². The molecule has 2 unspecified atom stereocenters. The Balaban J connectivity index is 2.75. The minimum absolute atomic E-state index is 0.0536. The molecule has 2 atom stereocenters. The number of rotatable bonds is 7. The number of phenolic OH excluding ortho intramolecular Hbond substituents is 2. The molecular weight excluding hydrogens is 276 g/mol. The number of carbonyl (C=O) groups is 1. The van der Waals surface area contributed by atoms with Gasteiger partial charge in [0.05, 0.1) is 19.3 Å². The zero-order chi connectivity index (χ0) is 16.0. The maximum Gasteiger partial charge on any atom is 0.239 e. The summed E-state index contributed by atoms with van der Waals surface area (Å²) in [5, 5.41) is 37.9. The van der Waals surface area contributed by atoms with Crippen molar-refractivity contribution >= 4 is 5.91 Å². The fourth-order valence-electron chi connectivity index (χ4n) is 2.01. The quantitative estimate of drug-likeness (QED) is 0.268. The number of carbonyl (C=O) groups excluding carboxylic acids is 1. The fourth-order valence-corrected chi connectivity index (χ4v) is 2.01. The zero-order valence-electron chi connectivity index (χ0n) is 11.9. The number of hydrazine groups is 1. The van der Waals surface area contributed by atoms with E-state index >= 15 is 0 Å². The molecular formula is C14H22N2O5. The third kappa shape index (κ3) is 4.89. The van der Waals surface area contributed by atoms with Crippen molar-refractivity contribution in [2.45, 2.75) is 25.9 Å². The van der Waals surface area contributed by atoms with Crippen molar-refractivity contribution in [3.63, 3.8) is 0 Å². The lowest BCUT2D eigenvalue weighted by Gasteiger charge is -2.24. The molecule has 1 amide bonds. The highest BCUT2D eigenvalue weighted by molar-refractivity contribution is 5.78. The molecule has 7 heteroatoms. The van der Waals surface area contributed by atoms with Gasteiger partial charge in [-0.3, -0.25) is 9.80 Å². The van der Waals surface area contributed by atoms with Gasteiger partial charge in [-0.25, -0.2) is 5.84 Å². The summed E-state index contributed by atoms with van der Waals surface area (Å²) in [6.45, 7) is 1.18. The number of hydrogen-bond donors (Lipinski definition) is 5. The first-order valence-corrected chi connectivity index (χ1v) is 6.74. The number of phenols is 2. The van der Waals surface area contributed by atoms with Gasteiger partial charge in [-0.05, 0) is 24.5 Å². The molecule has 0 spiro atoms. The summed E-state index contributed by atoms with van der Waals surface area (Å²) in [4.78, 5) is 12.2. The van der Waals surface area contributed by atoms with Crippen LogP contribution in [-0.2, 0) is 11.2 Å². The highest BCUT2D eigenvalue weighted by Crippen LogP contribution is 2.26. The summed E-state index contributed by atoms with van der Waals surface area (Å²) in [5.74, 6) is 4.62. The van der Waals surface area contributed by atoms with Crippen molar-refractivity contribution in [2.24, 2.45) is 11.8 Å². The Labute approximate surface area is 123 Å². The summed E-state index contributed by atoms with van der Waals surface area (Å²) in [6, 6.07) is 4.19. The summed E-state index contributed by atoms with van der Waals surface area (Å²) in [7, 11) is 0. The molecule has 0 bridgehead atoms. The van der Waals surface area contributed by atoms with Gasteiger partial charge in [0.1, 0.15) is 11.5 Å². The number of benzene rings is 1. The van der Waals surface area contributed by atoms with Crippen molar-refractivity contribution in [3.8, 4) is 11.5 Å². The molecule has 0 aliphatic carbocycles. The average Bonchev–Trinajstić information content (AvgIpc) is 2.45. The Kier molecular flexibility index (Phi) is 6.41. The maximum atomic E-state index is 12.2. The van der Waals surface area contributed by atoms with Crippen LogP contribution >= 0.6 is 0 Å². The van der Waals surface area contributed by atoms with Crippen LogP contribution in [0.25, 0.3) is 0 Å². The molecule has 1 aromatic rings. The first kappa shape index (κ1) is 17.2. The lowest BCUT2D eigenvalue weighted by Crippen LogP contribution is -2.46. The van der Waals surface area contributed by atoms with Gasteiger partial charge in [-0.2, -0.15) is 0 Å². The lowest BCUT2D eigenvalue weighted by atomic mass is 9.95. The summed E-state index contributed by atoms with van der Waals surface area (Å²) < 4.78 is 0. The predicted octanol–water partition coefficient (Wildman–Crippen LogP) is -0.278. The Hall–Kier alpha value is -1.83. The molecule has 1 aromatic carbocycles. The molecule has 0 fully saturated rings. The standard InChI is InChI=1S/C14H22N2O5/c1-2-9(14(21)16(15)7-12(19)8-17)5-10-3-4-11(18)6-13(10)20/h3-4,6,9,12,17-20H,2,5,7-8,15H2,1H3. The van der Waals surface area contributed by atoms with E-state index in [4.69, 9.17) is 10.9 Å². The number of nitrogens with two attached hydrogens (primary N) is 1. The monoisotopic (exact) mass is 298 g/mol. The zero-order valence-corrected chi connectivity index (χ0v) is 11.9. The molecule has 21 heavy (non-hydrogen) atoms. The van der Waals surface area contributed by atoms with Crippen LogP contribution in [0.15, 0.2) is 18.2 Å². The smallest absolute Gasteiger partial charge is 0.239 e. The average molecular weight is 298 g/mol. The lowest BCUT2D eigenvalue weighted by molar-refractivity contribution is -0.137. The number of aliphatic hydroxyl groups is 2. The Bertz CT molecular complexity index is 480. The largest absolute Gasteiger partial charge is 0.508 e. The van der Waals surface area contributed by atoms with E-state index in [-0.39, 0.29) is 30.4 Å². The van der Waals surface area contributed by atoms with Gasteiger partial charge in [0, 0.05) is 12.0 Å². The van der Waals surface area contributed by atoms with Gasteiger partial charge in [0.25, 0.3) is 0 Å². The van der Waals surface area contributed by atoms with Gasteiger partial charge in [-0.15, -0.1) is 0 Å². The van der Waals surface area contributed by atoms with Crippen molar-refractivity contribution in [2.75, 3.05) is 13.2 Å². The molecule has 0 saturated heterocycles. The molecule has 0 saturated carbocycles. The van der Waals surface area contributed by atoms with Crippen molar-refractivity contribution < 1.29 is 25.2 Å². The van der Waals surface area contributed by atoms with Gasteiger partial charge >= 0.3 is 0 Å². The molecule has 118 valence electrons. The van der Waals surface area contributed by atoms with E-state index in [1.54, 1.807) is 6.07 Å². The second-order valence-electron chi connectivity index (χ2n) is 4.95. The van der Waals surface area contributed by atoms with Crippen molar-refractivity contribution in [1.29, 1.82) is 0 Å². The summed E-state index contributed by atoms with van der Waals surface area (Å²) in [6.07, 6.45) is -0.314. The topological polar surface area (TPSA) is 127 Å². The number of aromatic hydroxyl groups is 2. The molecule has 0 aromatic heterocycles. The molecule has 0 radical (unpaired) electrons. The molecule has 0 aliphatic rings. The van der Waals surface area contributed by atoms with Gasteiger partial charge in [0.2, 0.25) is 5.91 Å². The van der Waals surface area contributed by atoms with E-state index in [0.29, 0.717) is 12.0 Å². The van der Waals surface area contributed by atoms with E-state index in [2.05, 4.69) is 0 Å². The number of aliphatic hydroxyl groups excluding tert-OH is 2. The number of nitrogens with zero attached hydrogens (tertiary/aromatic N) is 1. The molecule has 7 nitrogen and oxygen atoms in total. The van der Waals surface area contributed by atoms with E-state index in [0.717, 1.165) is 5.01 Å². The normalized spacial score (nSPS) is 13.7. The van der Waals surface area contributed by atoms with E-state index in [1.165, 1.54) is 12.1 Å². The Morgan fingerprint density at radius 1 is 1.38 bits per heavy atom.